The first-order chi connectivity index (χ1) is 14.6. The Bertz CT molecular complexity index is 999. The first-order valence-corrected chi connectivity index (χ1v) is 10.2. The van der Waals surface area contributed by atoms with Crippen LogP contribution < -0.4 is 9.46 Å². The molecule has 0 radical (unpaired) electrons. The number of piperazine rings is 1. The van der Waals surface area contributed by atoms with Crippen molar-refractivity contribution in [2.24, 2.45) is 0 Å². The zero-order valence-corrected chi connectivity index (χ0v) is 16.8. The number of hydrogen-bond acceptors (Lipinski definition) is 6. The topological polar surface area (TPSA) is 91.8 Å². The fraction of sp³-hybridized carbons (Fsp3) is 0.333. The third-order valence-corrected chi connectivity index (χ3v) is 4.92. The molecule has 8 nitrogen and oxygen atoms in total. The number of halogens is 4. The van der Waals surface area contributed by atoms with Crippen molar-refractivity contribution in [3.63, 3.8) is 0 Å². The number of benzene rings is 1. The van der Waals surface area contributed by atoms with Crippen molar-refractivity contribution < 1.29 is 35.5 Å². The molecule has 1 amide bonds. The molecule has 1 N–H and O–H groups in total. The van der Waals surface area contributed by atoms with Gasteiger partial charge in [-0.2, -0.15) is 0 Å². The molecular weight excluding hydrogens is 444 g/mol. The third kappa shape index (κ3) is 6.52. The zero-order valence-electron chi connectivity index (χ0n) is 15.9. The SMILES string of the molecule is O=C(c1ccc(N[SH](=O)=O)c(OC(F)(F)F)c1)N1CCN(Cc2ccc(F)cn2)CC1. The molecule has 13 heteroatoms. The number of carbonyl (C=O) groups is 1. The Labute approximate surface area is 176 Å². The molecule has 1 aromatic heterocycles. The van der Waals surface area contributed by atoms with Gasteiger partial charge in [0.1, 0.15) is 5.82 Å². The van der Waals surface area contributed by atoms with Crippen LogP contribution in [0.3, 0.4) is 0 Å². The average molecular weight is 462 g/mol. The number of rotatable bonds is 6. The summed E-state index contributed by atoms with van der Waals surface area (Å²) in [6.45, 7) is 2.10. The average Bonchev–Trinajstić information content (AvgIpc) is 2.70. The normalized spacial score (nSPS) is 15.2. The summed E-state index contributed by atoms with van der Waals surface area (Å²) in [4.78, 5) is 20.2. The maximum atomic E-state index is 12.9. The van der Waals surface area contributed by atoms with Crippen LogP contribution in [0.15, 0.2) is 36.5 Å². The van der Waals surface area contributed by atoms with E-state index in [1.54, 1.807) is 6.07 Å². The predicted octanol–water partition coefficient (Wildman–Crippen LogP) is 2.02. The van der Waals surface area contributed by atoms with E-state index in [9.17, 15) is 30.8 Å². The Hall–Kier alpha value is -2.93. The summed E-state index contributed by atoms with van der Waals surface area (Å²) in [6, 6.07) is 5.99. The van der Waals surface area contributed by atoms with Crippen LogP contribution in [0.1, 0.15) is 16.1 Å². The second-order valence-corrected chi connectivity index (χ2v) is 7.40. The molecule has 0 saturated carbocycles. The number of amides is 1. The summed E-state index contributed by atoms with van der Waals surface area (Å²) in [5, 5.41) is 0. The van der Waals surface area contributed by atoms with E-state index in [0.717, 1.165) is 18.3 Å². The molecule has 31 heavy (non-hydrogen) atoms. The number of anilines is 1. The molecule has 0 aliphatic carbocycles. The lowest BCUT2D eigenvalue weighted by atomic mass is 10.1. The molecule has 168 valence electrons. The summed E-state index contributed by atoms with van der Waals surface area (Å²) in [5.41, 5.74) is 0.177. The van der Waals surface area contributed by atoms with Crippen molar-refractivity contribution in [2.45, 2.75) is 12.9 Å². The van der Waals surface area contributed by atoms with Crippen LogP contribution in [-0.2, 0) is 17.4 Å². The minimum Gasteiger partial charge on any atom is -0.404 e. The lowest BCUT2D eigenvalue weighted by Gasteiger charge is -2.34. The number of thiol groups is 1. The number of ether oxygens (including phenoxy) is 1. The van der Waals surface area contributed by atoms with Gasteiger partial charge in [0.25, 0.3) is 5.91 Å². The highest BCUT2D eigenvalue weighted by Gasteiger charge is 2.33. The van der Waals surface area contributed by atoms with Gasteiger partial charge >= 0.3 is 6.36 Å². The summed E-state index contributed by atoms with van der Waals surface area (Å²) in [5.74, 6) is -1.76. The van der Waals surface area contributed by atoms with Gasteiger partial charge in [-0.25, -0.2) is 12.8 Å². The molecule has 1 fully saturated rings. The van der Waals surface area contributed by atoms with Crippen molar-refractivity contribution in [3.05, 3.63) is 53.6 Å². The minimum absolute atomic E-state index is 0.0698. The standard InChI is InChI=1S/C18H18F4N4O4S/c19-13-2-3-14(23-10-13)11-25-5-7-26(8-6-25)17(27)12-1-4-15(24-31(28)29)16(9-12)30-18(20,21)22/h1-4,9-10,31H,5-8,11H2,(H,24,28,29). The van der Waals surface area contributed by atoms with Gasteiger partial charge in [0, 0.05) is 38.3 Å². The zero-order chi connectivity index (χ0) is 22.6. The van der Waals surface area contributed by atoms with E-state index < -0.39 is 40.4 Å². The lowest BCUT2D eigenvalue weighted by Crippen LogP contribution is -2.48. The fourth-order valence-electron chi connectivity index (χ4n) is 3.08. The highest BCUT2D eigenvalue weighted by molar-refractivity contribution is 7.73. The Morgan fingerprint density at radius 2 is 1.84 bits per heavy atom. The minimum atomic E-state index is -5.06. The molecule has 2 aromatic rings. The van der Waals surface area contributed by atoms with Crippen LogP contribution in [0.5, 0.6) is 5.75 Å². The molecule has 1 aromatic carbocycles. The molecule has 1 aliphatic rings. The molecule has 1 aliphatic heterocycles. The van der Waals surface area contributed by atoms with Gasteiger partial charge in [0.05, 0.1) is 17.6 Å². The van der Waals surface area contributed by atoms with Gasteiger partial charge in [-0.15, -0.1) is 13.2 Å². The molecular formula is C18H18F4N4O4S. The Balaban J connectivity index is 1.67. The van der Waals surface area contributed by atoms with Crippen LogP contribution in [0.2, 0.25) is 0 Å². The molecule has 0 atom stereocenters. The van der Waals surface area contributed by atoms with E-state index >= 15 is 0 Å². The molecule has 3 rings (SSSR count). The molecule has 1 saturated heterocycles. The van der Waals surface area contributed by atoms with Crippen LogP contribution in [0.25, 0.3) is 0 Å². The van der Waals surface area contributed by atoms with E-state index in [-0.39, 0.29) is 5.56 Å². The quantitative estimate of drug-likeness (QED) is 0.504. The number of nitrogens with one attached hydrogen (secondary N) is 1. The second kappa shape index (κ2) is 9.47. The number of hydrogen-bond donors (Lipinski definition) is 2. The molecule has 0 spiro atoms. The van der Waals surface area contributed by atoms with Crippen molar-refractivity contribution in [2.75, 3.05) is 30.9 Å². The van der Waals surface area contributed by atoms with Crippen molar-refractivity contribution >= 4 is 22.5 Å². The highest BCUT2D eigenvalue weighted by atomic mass is 32.2. The van der Waals surface area contributed by atoms with Gasteiger partial charge in [-0.3, -0.25) is 19.4 Å². The van der Waals surface area contributed by atoms with Gasteiger partial charge in [0.2, 0.25) is 10.9 Å². The van der Waals surface area contributed by atoms with Gasteiger partial charge in [-0.05, 0) is 30.3 Å². The second-order valence-electron chi connectivity index (χ2n) is 6.66. The number of carbonyl (C=O) groups excluding carboxylic acids is 1. The molecule has 2 heterocycles. The molecule has 0 unspecified atom stereocenters. The van der Waals surface area contributed by atoms with E-state index in [2.05, 4.69) is 9.72 Å². The van der Waals surface area contributed by atoms with Crippen molar-refractivity contribution in [1.82, 2.24) is 14.8 Å². The van der Waals surface area contributed by atoms with Crippen molar-refractivity contribution in [1.29, 1.82) is 0 Å². The van der Waals surface area contributed by atoms with E-state index in [1.165, 1.54) is 17.0 Å². The number of aromatic nitrogens is 1. The Morgan fingerprint density at radius 1 is 1.13 bits per heavy atom. The Morgan fingerprint density at radius 3 is 2.42 bits per heavy atom. The lowest BCUT2D eigenvalue weighted by molar-refractivity contribution is -0.274. The van der Waals surface area contributed by atoms with Crippen molar-refractivity contribution in [3.8, 4) is 5.75 Å². The first-order valence-electron chi connectivity index (χ1n) is 9.03. The smallest absolute Gasteiger partial charge is 0.404 e. The maximum Gasteiger partial charge on any atom is 0.573 e. The van der Waals surface area contributed by atoms with Crippen LogP contribution >= 0.6 is 0 Å². The Kier molecular flexibility index (Phi) is 6.95. The number of pyridine rings is 1. The predicted molar refractivity (Wildman–Crippen MR) is 102 cm³/mol. The maximum absolute atomic E-state index is 12.9. The number of nitrogens with zero attached hydrogens (tertiary/aromatic N) is 3. The summed E-state index contributed by atoms with van der Waals surface area (Å²) >= 11 is 0. The van der Waals surface area contributed by atoms with Gasteiger partial charge < -0.3 is 9.64 Å². The van der Waals surface area contributed by atoms with E-state index in [4.69, 9.17) is 0 Å². The van der Waals surface area contributed by atoms with E-state index in [0.29, 0.717) is 38.4 Å². The fourth-order valence-corrected chi connectivity index (χ4v) is 3.46. The number of alkyl halides is 3. The largest absolute Gasteiger partial charge is 0.573 e. The van der Waals surface area contributed by atoms with Gasteiger partial charge in [0.15, 0.2) is 5.75 Å². The van der Waals surface area contributed by atoms with Crippen LogP contribution in [-0.4, -0.2) is 61.7 Å². The van der Waals surface area contributed by atoms with Gasteiger partial charge in [-0.1, -0.05) is 0 Å². The van der Waals surface area contributed by atoms with Crippen LogP contribution in [0, 0.1) is 5.82 Å². The summed E-state index contributed by atoms with van der Waals surface area (Å²) in [7, 11) is -3.22. The monoisotopic (exact) mass is 462 g/mol. The van der Waals surface area contributed by atoms with Crippen LogP contribution in [0.4, 0.5) is 23.2 Å². The summed E-state index contributed by atoms with van der Waals surface area (Å²) in [6.07, 6.45) is -3.94. The molecule has 0 bridgehead atoms. The van der Waals surface area contributed by atoms with E-state index in [1.807, 2.05) is 9.62 Å². The highest BCUT2D eigenvalue weighted by Crippen LogP contribution is 2.32. The first kappa shape index (κ1) is 22.7. The third-order valence-electron chi connectivity index (χ3n) is 4.50. The summed E-state index contributed by atoms with van der Waals surface area (Å²) < 4.78 is 78.3.